The molecule has 0 saturated carbocycles. The lowest BCUT2D eigenvalue weighted by molar-refractivity contribution is -0.384. The predicted molar refractivity (Wildman–Crippen MR) is 65.8 cm³/mol. The van der Waals surface area contributed by atoms with Crippen molar-refractivity contribution in [3.05, 3.63) is 69.0 Å². The van der Waals surface area contributed by atoms with Gasteiger partial charge in [-0.15, -0.1) is 0 Å². The van der Waals surface area contributed by atoms with Gasteiger partial charge in [0.15, 0.2) is 0 Å². The van der Waals surface area contributed by atoms with E-state index in [1.54, 1.807) is 12.1 Å². The van der Waals surface area contributed by atoms with E-state index in [2.05, 4.69) is 4.98 Å². The summed E-state index contributed by atoms with van der Waals surface area (Å²) in [7, 11) is 0. The maximum absolute atomic E-state index is 12.1. The van der Waals surface area contributed by atoms with Crippen LogP contribution in [0.25, 0.3) is 0 Å². The first-order valence-corrected chi connectivity index (χ1v) is 5.37. The Morgan fingerprint density at radius 2 is 2.06 bits per heavy atom. The average Bonchev–Trinajstić information content (AvgIpc) is 2.39. The number of carbonyl (C=O) groups excluding carboxylic acids is 1. The van der Waals surface area contributed by atoms with E-state index >= 15 is 0 Å². The first kappa shape index (κ1) is 12.2. The fourth-order valence-corrected chi connectivity index (χ4v) is 1.64. The van der Waals surface area contributed by atoms with Gasteiger partial charge in [-0.05, 0) is 18.2 Å². The van der Waals surface area contributed by atoms with Crippen LogP contribution in [0.2, 0.25) is 5.02 Å². The second kappa shape index (κ2) is 4.93. The highest BCUT2D eigenvalue weighted by atomic mass is 35.5. The molecule has 1 heterocycles. The Hall–Kier alpha value is -2.27. The van der Waals surface area contributed by atoms with Crippen LogP contribution in [0.3, 0.4) is 0 Å². The van der Waals surface area contributed by atoms with Crippen LogP contribution in [-0.4, -0.2) is 15.7 Å². The third-order valence-electron chi connectivity index (χ3n) is 2.30. The zero-order chi connectivity index (χ0) is 13.1. The Kier molecular flexibility index (Phi) is 3.34. The highest BCUT2D eigenvalue weighted by Crippen LogP contribution is 2.23. The standard InChI is InChI=1S/C12H7ClN2O3/c13-10-5-4-8(15(17)18)7-9(10)12(16)11-3-1-2-6-14-11/h1-7H. The highest BCUT2D eigenvalue weighted by molar-refractivity contribution is 6.35. The van der Waals surface area contributed by atoms with Crippen molar-refractivity contribution < 1.29 is 9.72 Å². The fourth-order valence-electron chi connectivity index (χ4n) is 1.44. The number of nitro benzene ring substituents is 1. The summed E-state index contributed by atoms with van der Waals surface area (Å²) in [5.41, 5.74) is 0.0862. The minimum absolute atomic E-state index is 0.0737. The molecule has 0 N–H and O–H groups in total. The molecule has 18 heavy (non-hydrogen) atoms. The molecule has 2 rings (SSSR count). The molecule has 0 spiro atoms. The van der Waals surface area contributed by atoms with Crippen LogP contribution in [0.15, 0.2) is 42.6 Å². The molecule has 1 aromatic carbocycles. The Morgan fingerprint density at radius 1 is 1.28 bits per heavy atom. The van der Waals surface area contributed by atoms with E-state index in [4.69, 9.17) is 11.6 Å². The van der Waals surface area contributed by atoms with Crippen molar-refractivity contribution >= 4 is 23.1 Å². The van der Waals surface area contributed by atoms with E-state index in [1.807, 2.05) is 0 Å². The van der Waals surface area contributed by atoms with Gasteiger partial charge >= 0.3 is 0 Å². The molecule has 0 bridgehead atoms. The van der Waals surface area contributed by atoms with Crippen molar-refractivity contribution in [2.75, 3.05) is 0 Å². The van der Waals surface area contributed by atoms with Gasteiger partial charge in [-0.3, -0.25) is 19.9 Å². The van der Waals surface area contributed by atoms with Crippen molar-refractivity contribution in [2.24, 2.45) is 0 Å². The number of rotatable bonds is 3. The number of nitro groups is 1. The first-order chi connectivity index (χ1) is 8.59. The minimum atomic E-state index is -0.578. The van der Waals surface area contributed by atoms with Crippen LogP contribution in [0.1, 0.15) is 16.1 Å². The molecule has 0 unspecified atom stereocenters. The van der Waals surface area contributed by atoms with E-state index in [-0.39, 0.29) is 22.0 Å². The number of halogens is 1. The smallest absolute Gasteiger partial charge is 0.270 e. The Bertz CT molecular complexity index is 614. The third kappa shape index (κ3) is 2.36. The highest BCUT2D eigenvalue weighted by Gasteiger charge is 2.17. The molecular formula is C12H7ClN2O3. The molecule has 0 aliphatic carbocycles. The lowest BCUT2D eigenvalue weighted by atomic mass is 10.1. The van der Waals surface area contributed by atoms with Crippen molar-refractivity contribution in [2.45, 2.75) is 0 Å². The number of hydrogen-bond acceptors (Lipinski definition) is 4. The van der Waals surface area contributed by atoms with Crippen LogP contribution in [0.5, 0.6) is 0 Å². The zero-order valence-electron chi connectivity index (χ0n) is 9.04. The van der Waals surface area contributed by atoms with E-state index in [0.29, 0.717) is 0 Å². The van der Waals surface area contributed by atoms with Crippen LogP contribution < -0.4 is 0 Å². The van der Waals surface area contributed by atoms with Crippen LogP contribution in [-0.2, 0) is 0 Å². The Morgan fingerprint density at radius 3 is 2.67 bits per heavy atom. The summed E-state index contributed by atoms with van der Waals surface area (Å²) in [5.74, 6) is -0.440. The fraction of sp³-hybridized carbons (Fsp3) is 0. The van der Waals surface area contributed by atoms with Gasteiger partial charge < -0.3 is 0 Å². The number of nitrogens with zero attached hydrogens (tertiary/aromatic N) is 2. The van der Waals surface area contributed by atoms with Crippen molar-refractivity contribution in [3.63, 3.8) is 0 Å². The number of hydrogen-bond donors (Lipinski definition) is 0. The van der Waals surface area contributed by atoms with Gasteiger partial charge in [0, 0.05) is 23.9 Å². The van der Waals surface area contributed by atoms with E-state index in [1.165, 1.54) is 24.4 Å². The number of non-ortho nitro benzene ring substituents is 1. The maximum Gasteiger partial charge on any atom is 0.270 e. The van der Waals surface area contributed by atoms with Crippen LogP contribution in [0.4, 0.5) is 5.69 Å². The quantitative estimate of drug-likeness (QED) is 0.484. The average molecular weight is 263 g/mol. The van der Waals surface area contributed by atoms with Gasteiger partial charge in [-0.25, -0.2) is 0 Å². The molecule has 1 aromatic heterocycles. The summed E-state index contributed by atoms with van der Waals surface area (Å²) >= 11 is 5.87. The largest absolute Gasteiger partial charge is 0.287 e. The van der Waals surface area contributed by atoms with Gasteiger partial charge in [0.25, 0.3) is 5.69 Å². The SMILES string of the molecule is O=C(c1ccccn1)c1cc([N+](=O)[O-])ccc1Cl. The second-order valence-electron chi connectivity index (χ2n) is 3.47. The molecular weight excluding hydrogens is 256 g/mol. The summed E-state index contributed by atoms with van der Waals surface area (Å²) in [4.78, 5) is 26.0. The van der Waals surface area contributed by atoms with E-state index in [0.717, 1.165) is 6.07 Å². The number of ketones is 1. The summed E-state index contributed by atoms with van der Waals surface area (Å²) < 4.78 is 0. The summed E-state index contributed by atoms with van der Waals surface area (Å²) in [5, 5.41) is 10.8. The number of pyridine rings is 1. The molecule has 0 aliphatic rings. The molecule has 0 amide bonds. The Labute approximate surface area is 107 Å². The topological polar surface area (TPSA) is 73.1 Å². The van der Waals surface area contributed by atoms with Gasteiger partial charge in [0.2, 0.25) is 5.78 Å². The zero-order valence-corrected chi connectivity index (χ0v) is 9.79. The number of aromatic nitrogens is 1. The molecule has 5 nitrogen and oxygen atoms in total. The van der Waals surface area contributed by atoms with Gasteiger partial charge in [0.05, 0.1) is 9.95 Å². The molecule has 6 heteroatoms. The van der Waals surface area contributed by atoms with E-state index < -0.39 is 10.7 Å². The molecule has 0 aliphatic heterocycles. The Balaban J connectivity index is 2.48. The summed E-state index contributed by atoms with van der Waals surface area (Å²) in [6, 6.07) is 8.58. The normalized spacial score (nSPS) is 10.1. The first-order valence-electron chi connectivity index (χ1n) is 4.99. The van der Waals surface area contributed by atoms with Crippen LogP contribution in [0, 0.1) is 10.1 Å². The lowest BCUT2D eigenvalue weighted by Crippen LogP contribution is -2.05. The second-order valence-corrected chi connectivity index (χ2v) is 3.87. The van der Waals surface area contributed by atoms with Gasteiger partial charge in [-0.1, -0.05) is 17.7 Å². The summed E-state index contributed by atoms with van der Waals surface area (Å²) in [6.07, 6.45) is 1.47. The van der Waals surface area contributed by atoms with E-state index in [9.17, 15) is 14.9 Å². The predicted octanol–water partition coefficient (Wildman–Crippen LogP) is 2.87. The number of benzene rings is 1. The third-order valence-corrected chi connectivity index (χ3v) is 2.63. The molecule has 0 saturated heterocycles. The minimum Gasteiger partial charge on any atom is -0.287 e. The summed E-state index contributed by atoms with van der Waals surface area (Å²) in [6.45, 7) is 0. The van der Waals surface area contributed by atoms with Crippen LogP contribution >= 0.6 is 11.6 Å². The van der Waals surface area contributed by atoms with Crippen molar-refractivity contribution in [1.82, 2.24) is 4.98 Å². The monoisotopic (exact) mass is 262 g/mol. The van der Waals surface area contributed by atoms with Gasteiger partial charge in [-0.2, -0.15) is 0 Å². The molecule has 0 fully saturated rings. The maximum atomic E-state index is 12.1. The van der Waals surface area contributed by atoms with Crippen molar-refractivity contribution in [3.8, 4) is 0 Å². The molecule has 2 aromatic rings. The van der Waals surface area contributed by atoms with Gasteiger partial charge in [0.1, 0.15) is 5.69 Å². The molecule has 0 radical (unpaired) electrons. The molecule has 0 atom stereocenters. The lowest BCUT2D eigenvalue weighted by Gasteiger charge is -2.02. The molecule has 90 valence electrons. The number of carbonyl (C=O) groups is 1. The van der Waals surface area contributed by atoms with Crippen molar-refractivity contribution in [1.29, 1.82) is 0 Å².